The highest BCUT2D eigenvalue weighted by atomic mass is 32.1. The summed E-state index contributed by atoms with van der Waals surface area (Å²) in [7, 11) is 0. The van der Waals surface area contributed by atoms with Gasteiger partial charge < -0.3 is 15.2 Å². The van der Waals surface area contributed by atoms with E-state index in [1.54, 1.807) is 18.0 Å². The zero-order valence-corrected chi connectivity index (χ0v) is 17.0. The zero-order valence-electron chi connectivity index (χ0n) is 16.2. The van der Waals surface area contributed by atoms with Gasteiger partial charge in [0.15, 0.2) is 5.13 Å². The van der Waals surface area contributed by atoms with Gasteiger partial charge in [0, 0.05) is 24.2 Å². The molecule has 2 N–H and O–H groups in total. The lowest BCUT2D eigenvalue weighted by molar-refractivity contribution is 0.0950. The van der Waals surface area contributed by atoms with E-state index in [-0.39, 0.29) is 5.91 Å². The molecule has 1 amide bonds. The van der Waals surface area contributed by atoms with E-state index in [2.05, 4.69) is 31.9 Å². The number of anilines is 2. The smallest absolute Gasteiger partial charge is 0.270 e. The lowest BCUT2D eigenvalue weighted by atomic mass is 9.97. The van der Waals surface area contributed by atoms with Crippen LogP contribution in [-0.4, -0.2) is 32.2 Å². The van der Waals surface area contributed by atoms with Crippen LogP contribution in [0.4, 0.5) is 10.8 Å². The molecular formula is C21H24N6OS. The maximum absolute atomic E-state index is 12.3. The van der Waals surface area contributed by atoms with Crippen molar-refractivity contribution in [2.75, 3.05) is 11.9 Å². The Hall–Kier alpha value is -3.00. The predicted molar refractivity (Wildman–Crippen MR) is 114 cm³/mol. The molecule has 0 bridgehead atoms. The molecule has 4 rings (SSSR count). The van der Waals surface area contributed by atoms with E-state index < -0.39 is 0 Å². The first-order valence-electron chi connectivity index (χ1n) is 9.86. The summed E-state index contributed by atoms with van der Waals surface area (Å²) in [4.78, 5) is 16.7. The van der Waals surface area contributed by atoms with E-state index in [0.717, 1.165) is 24.2 Å². The van der Waals surface area contributed by atoms with Gasteiger partial charge in [0.05, 0.1) is 0 Å². The molecule has 0 saturated carbocycles. The molecule has 0 aliphatic heterocycles. The van der Waals surface area contributed by atoms with Crippen LogP contribution in [0.15, 0.2) is 53.9 Å². The molecule has 1 aromatic carbocycles. The van der Waals surface area contributed by atoms with Crippen LogP contribution in [0.25, 0.3) is 0 Å². The number of carbonyl (C=O) groups excluding carboxylic acids is 1. The maximum Gasteiger partial charge on any atom is 0.270 e. The van der Waals surface area contributed by atoms with Gasteiger partial charge in [0.2, 0.25) is 0 Å². The highest BCUT2D eigenvalue weighted by Gasteiger charge is 2.11. The molecule has 7 nitrogen and oxygen atoms in total. The van der Waals surface area contributed by atoms with Gasteiger partial charge >= 0.3 is 0 Å². The fourth-order valence-corrected chi connectivity index (χ4v) is 4.04. The summed E-state index contributed by atoms with van der Waals surface area (Å²) in [6.45, 7) is 1.39. The molecule has 3 aromatic rings. The van der Waals surface area contributed by atoms with Crippen LogP contribution in [0, 0.1) is 0 Å². The van der Waals surface area contributed by atoms with Gasteiger partial charge in [-0.05, 0) is 49.8 Å². The first-order valence-corrected chi connectivity index (χ1v) is 10.7. The number of aromatic nitrogens is 4. The average Bonchev–Trinajstić information content (AvgIpc) is 3.42. The Morgan fingerprint density at radius 3 is 2.72 bits per heavy atom. The topological polar surface area (TPSA) is 84.7 Å². The van der Waals surface area contributed by atoms with Crippen LogP contribution in [-0.2, 0) is 6.54 Å². The number of hydrogen-bond acceptors (Lipinski definition) is 6. The van der Waals surface area contributed by atoms with Gasteiger partial charge in [-0.15, -0.1) is 21.5 Å². The number of carbonyl (C=O) groups is 1. The standard InChI is InChI=1S/C21H24N6OS/c28-20(22-11-10-16-4-2-1-3-5-16)19-13-29-21(26-19)25-18-8-6-17(7-9-18)12-27-14-23-24-15-27/h4,6-9,13-15H,1-3,5,10-12H2,(H,22,28)(H,25,26). The summed E-state index contributed by atoms with van der Waals surface area (Å²) in [6.07, 6.45) is 11.5. The second kappa shape index (κ2) is 9.47. The Labute approximate surface area is 173 Å². The van der Waals surface area contributed by atoms with Gasteiger partial charge in [-0.1, -0.05) is 23.8 Å². The second-order valence-electron chi connectivity index (χ2n) is 7.11. The summed E-state index contributed by atoms with van der Waals surface area (Å²) in [5.41, 5.74) is 4.01. The van der Waals surface area contributed by atoms with Crippen LogP contribution in [0.3, 0.4) is 0 Å². The van der Waals surface area contributed by atoms with E-state index in [1.165, 1.54) is 42.6 Å². The Balaban J connectivity index is 1.27. The quantitative estimate of drug-likeness (QED) is 0.547. The van der Waals surface area contributed by atoms with Crippen LogP contribution in [0.1, 0.15) is 48.2 Å². The van der Waals surface area contributed by atoms with Gasteiger partial charge in [-0.25, -0.2) is 4.98 Å². The lowest BCUT2D eigenvalue weighted by Crippen LogP contribution is -2.25. The molecule has 0 radical (unpaired) electrons. The molecule has 1 aliphatic carbocycles. The van der Waals surface area contributed by atoms with Crippen molar-refractivity contribution in [1.29, 1.82) is 0 Å². The van der Waals surface area contributed by atoms with E-state index in [9.17, 15) is 4.79 Å². The molecule has 0 unspecified atom stereocenters. The largest absolute Gasteiger partial charge is 0.350 e. The van der Waals surface area contributed by atoms with Crippen LogP contribution >= 0.6 is 11.3 Å². The normalized spacial score (nSPS) is 13.7. The molecule has 29 heavy (non-hydrogen) atoms. The maximum atomic E-state index is 12.3. The van der Waals surface area contributed by atoms with Crippen LogP contribution < -0.4 is 10.6 Å². The van der Waals surface area contributed by atoms with Crippen LogP contribution in [0.2, 0.25) is 0 Å². The molecule has 0 fully saturated rings. The predicted octanol–water partition coefficient (Wildman–Crippen LogP) is 4.15. The number of nitrogens with zero attached hydrogens (tertiary/aromatic N) is 4. The number of amides is 1. The Bertz CT molecular complexity index is 961. The summed E-state index contributed by atoms with van der Waals surface area (Å²) in [5.74, 6) is -0.116. The number of nitrogens with one attached hydrogen (secondary N) is 2. The van der Waals surface area contributed by atoms with Gasteiger partial charge in [0.1, 0.15) is 18.3 Å². The summed E-state index contributed by atoms with van der Waals surface area (Å²) < 4.78 is 1.92. The van der Waals surface area contributed by atoms with Crippen molar-refractivity contribution in [3.05, 3.63) is 65.2 Å². The van der Waals surface area contributed by atoms with Crippen molar-refractivity contribution in [3.63, 3.8) is 0 Å². The molecule has 8 heteroatoms. The third-order valence-electron chi connectivity index (χ3n) is 4.89. The molecule has 150 valence electrons. The minimum absolute atomic E-state index is 0.116. The fraction of sp³-hybridized carbons (Fsp3) is 0.333. The van der Waals surface area contributed by atoms with Gasteiger partial charge in [0.25, 0.3) is 5.91 Å². The summed E-state index contributed by atoms with van der Waals surface area (Å²) >= 11 is 1.43. The average molecular weight is 409 g/mol. The van der Waals surface area contributed by atoms with Crippen LogP contribution in [0.5, 0.6) is 0 Å². The molecule has 0 spiro atoms. The van der Waals surface area contributed by atoms with Crippen molar-refractivity contribution in [2.24, 2.45) is 0 Å². The third-order valence-corrected chi connectivity index (χ3v) is 5.65. The van der Waals surface area contributed by atoms with Crippen molar-refractivity contribution >= 4 is 28.1 Å². The van der Waals surface area contributed by atoms with E-state index >= 15 is 0 Å². The number of rotatable bonds is 8. The molecular weight excluding hydrogens is 384 g/mol. The zero-order chi connectivity index (χ0) is 19.9. The fourth-order valence-electron chi connectivity index (χ4n) is 3.33. The third kappa shape index (κ3) is 5.51. The molecule has 1 aliphatic rings. The summed E-state index contributed by atoms with van der Waals surface area (Å²) in [6, 6.07) is 8.09. The minimum atomic E-state index is -0.116. The second-order valence-corrected chi connectivity index (χ2v) is 7.97. The van der Waals surface area contributed by atoms with Crippen molar-refractivity contribution in [3.8, 4) is 0 Å². The van der Waals surface area contributed by atoms with Crippen molar-refractivity contribution < 1.29 is 4.79 Å². The first-order chi connectivity index (χ1) is 14.3. The molecule has 2 heterocycles. The first kappa shape index (κ1) is 19.3. The van der Waals surface area contributed by atoms with Crippen molar-refractivity contribution in [2.45, 2.75) is 38.6 Å². The number of allylic oxidation sites excluding steroid dienone is 1. The van der Waals surface area contributed by atoms with E-state index in [4.69, 9.17) is 0 Å². The van der Waals surface area contributed by atoms with Gasteiger partial charge in [-0.2, -0.15) is 0 Å². The molecule has 0 atom stereocenters. The van der Waals surface area contributed by atoms with E-state index in [0.29, 0.717) is 17.4 Å². The Morgan fingerprint density at radius 2 is 1.97 bits per heavy atom. The SMILES string of the molecule is O=C(NCCC1=CCCCC1)c1csc(Nc2ccc(Cn3cnnc3)cc2)n1. The Morgan fingerprint density at radius 1 is 1.14 bits per heavy atom. The number of benzene rings is 1. The minimum Gasteiger partial charge on any atom is -0.350 e. The number of thiazole rings is 1. The highest BCUT2D eigenvalue weighted by molar-refractivity contribution is 7.14. The molecule has 2 aromatic heterocycles. The molecule has 0 saturated heterocycles. The highest BCUT2D eigenvalue weighted by Crippen LogP contribution is 2.22. The number of hydrogen-bond donors (Lipinski definition) is 2. The monoisotopic (exact) mass is 408 g/mol. The summed E-state index contributed by atoms with van der Waals surface area (Å²) in [5, 5.41) is 16.3. The lowest BCUT2D eigenvalue weighted by Gasteiger charge is -2.12. The van der Waals surface area contributed by atoms with E-state index in [1.807, 2.05) is 28.8 Å². The van der Waals surface area contributed by atoms with Crippen molar-refractivity contribution in [1.82, 2.24) is 25.1 Å². The van der Waals surface area contributed by atoms with Gasteiger partial charge in [-0.3, -0.25) is 4.79 Å². The Kier molecular flexibility index (Phi) is 6.31.